The molecule has 1 aliphatic carbocycles. The highest BCUT2D eigenvalue weighted by molar-refractivity contribution is 9.10. The number of methoxy groups -OCH3 is 1. The van der Waals surface area contributed by atoms with E-state index in [9.17, 15) is 0 Å². The van der Waals surface area contributed by atoms with Gasteiger partial charge in [-0.2, -0.15) is 0 Å². The first-order chi connectivity index (χ1) is 10.2. The monoisotopic (exact) mass is 364 g/mol. The molecule has 3 nitrogen and oxygen atoms in total. The minimum Gasteiger partial charge on any atom is -0.496 e. The molecule has 0 radical (unpaired) electrons. The van der Waals surface area contributed by atoms with Gasteiger partial charge in [-0.3, -0.25) is 0 Å². The molecule has 1 aromatic heterocycles. The quantitative estimate of drug-likeness (QED) is 0.757. The standard InChI is InChI=1S/C16H17BrN2OS/c1-20-12-9-5-4-8-11(12)15-18-14(10-6-2-3-7-10)13(17)16(21)19-15/h4-5,8-10H,2-3,6-7H2,1H3,(H,18,19,21). The van der Waals surface area contributed by atoms with E-state index in [0.29, 0.717) is 10.6 Å². The Hall–Kier alpha value is -1.20. The van der Waals surface area contributed by atoms with Gasteiger partial charge in [0.2, 0.25) is 0 Å². The summed E-state index contributed by atoms with van der Waals surface area (Å²) in [7, 11) is 1.67. The number of nitrogens with one attached hydrogen (secondary N) is 1. The second-order valence-corrected chi connectivity index (χ2v) is 6.48. The number of ether oxygens (including phenoxy) is 1. The Morgan fingerprint density at radius 1 is 1.29 bits per heavy atom. The number of para-hydroxylation sites is 1. The van der Waals surface area contributed by atoms with Crippen LogP contribution >= 0.6 is 28.1 Å². The lowest BCUT2D eigenvalue weighted by Gasteiger charge is -2.15. The van der Waals surface area contributed by atoms with Crippen molar-refractivity contribution < 1.29 is 4.74 Å². The summed E-state index contributed by atoms with van der Waals surface area (Å²) in [4.78, 5) is 8.00. The van der Waals surface area contributed by atoms with Crippen molar-refractivity contribution in [2.24, 2.45) is 0 Å². The second kappa shape index (κ2) is 6.28. The molecular weight excluding hydrogens is 348 g/mol. The topological polar surface area (TPSA) is 37.9 Å². The van der Waals surface area contributed by atoms with Gasteiger partial charge in [-0.05, 0) is 40.9 Å². The van der Waals surface area contributed by atoms with Crippen molar-refractivity contribution >= 4 is 28.1 Å². The number of rotatable bonds is 3. The molecule has 1 aliphatic rings. The Morgan fingerprint density at radius 2 is 2.00 bits per heavy atom. The van der Waals surface area contributed by atoms with E-state index in [1.165, 1.54) is 31.4 Å². The normalized spacial score (nSPS) is 15.3. The van der Waals surface area contributed by atoms with Crippen LogP contribution in [-0.2, 0) is 0 Å². The van der Waals surface area contributed by atoms with Gasteiger partial charge in [-0.15, -0.1) is 0 Å². The fourth-order valence-corrected chi connectivity index (χ4v) is 3.65. The number of aromatic amines is 1. The number of H-pyrrole nitrogens is 1. The van der Waals surface area contributed by atoms with Crippen LogP contribution in [-0.4, -0.2) is 17.1 Å². The predicted octanol–water partition coefficient (Wildman–Crippen LogP) is 5.23. The zero-order chi connectivity index (χ0) is 14.8. The molecule has 2 aromatic rings. The summed E-state index contributed by atoms with van der Waals surface area (Å²) in [6.07, 6.45) is 4.98. The van der Waals surface area contributed by atoms with Crippen LogP contribution in [0.1, 0.15) is 37.3 Å². The lowest BCUT2D eigenvalue weighted by Crippen LogP contribution is -2.03. The Kier molecular flexibility index (Phi) is 4.40. The first kappa shape index (κ1) is 14.7. The Balaban J connectivity index is 2.13. The van der Waals surface area contributed by atoms with E-state index in [1.807, 2.05) is 24.3 Å². The maximum Gasteiger partial charge on any atom is 0.144 e. The molecule has 1 heterocycles. The summed E-state index contributed by atoms with van der Waals surface area (Å²) in [6, 6.07) is 7.87. The van der Waals surface area contributed by atoms with Crippen LogP contribution in [0.2, 0.25) is 0 Å². The Morgan fingerprint density at radius 3 is 2.71 bits per heavy atom. The highest BCUT2D eigenvalue weighted by atomic mass is 79.9. The van der Waals surface area contributed by atoms with E-state index in [4.69, 9.17) is 17.0 Å². The van der Waals surface area contributed by atoms with Crippen molar-refractivity contribution in [1.29, 1.82) is 0 Å². The molecule has 0 saturated heterocycles. The summed E-state index contributed by atoms with van der Waals surface area (Å²) in [6.45, 7) is 0. The van der Waals surface area contributed by atoms with Crippen molar-refractivity contribution in [2.45, 2.75) is 31.6 Å². The van der Waals surface area contributed by atoms with Gasteiger partial charge in [0.25, 0.3) is 0 Å². The zero-order valence-corrected chi connectivity index (χ0v) is 14.3. The van der Waals surface area contributed by atoms with Gasteiger partial charge in [-0.1, -0.05) is 37.2 Å². The first-order valence-electron chi connectivity index (χ1n) is 7.14. The molecule has 21 heavy (non-hydrogen) atoms. The molecular formula is C16H17BrN2OS. The van der Waals surface area contributed by atoms with Crippen molar-refractivity contribution in [3.63, 3.8) is 0 Å². The summed E-state index contributed by atoms with van der Waals surface area (Å²) in [5.74, 6) is 2.12. The molecule has 1 fully saturated rings. The van der Waals surface area contributed by atoms with Crippen molar-refractivity contribution in [1.82, 2.24) is 9.97 Å². The molecule has 1 aromatic carbocycles. The average Bonchev–Trinajstić information content (AvgIpc) is 3.04. The van der Waals surface area contributed by atoms with Gasteiger partial charge in [0, 0.05) is 11.6 Å². The molecule has 0 unspecified atom stereocenters. The minimum atomic E-state index is 0.539. The molecule has 0 atom stereocenters. The maximum absolute atomic E-state index is 5.43. The zero-order valence-electron chi connectivity index (χ0n) is 11.9. The molecule has 1 saturated carbocycles. The third kappa shape index (κ3) is 2.90. The number of aromatic nitrogens is 2. The van der Waals surface area contributed by atoms with Gasteiger partial charge in [0.1, 0.15) is 16.2 Å². The van der Waals surface area contributed by atoms with Crippen LogP contribution in [0.5, 0.6) is 5.75 Å². The molecule has 0 bridgehead atoms. The molecule has 0 amide bonds. The Bertz CT molecular complexity index is 708. The average molecular weight is 365 g/mol. The number of hydrogen-bond donors (Lipinski definition) is 1. The lowest BCUT2D eigenvalue weighted by atomic mass is 10.0. The van der Waals surface area contributed by atoms with Gasteiger partial charge in [0.15, 0.2) is 0 Å². The molecule has 110 valence electrons. The largest absolute Gasteiger partial charge is 0.496 e. The van der Waals surface area contributed by atoms with Crippen LogP contribution in [0.3, 0.4) is 0 Å². The van der Waals surface area contributed by atoms with E-state index in [-0.39, 0.29) is 0 Å². The molecule has 0 aliphatic heterocycles. The molecule has 0 spiro atoms. The summed E-state index contributed by atoms with van der Waals surface area (Å²) < 4.78 is 6.97. The van der Waals surface area contributed by atoms with Crippen LogP contribution in [0.15, 0.2) is 28.7 Å². The lowest BCUT2D eigenvalue weighted by molar-refractivity contribution is 0.416. The van der Waals surface area contributed by atoms with Gasteiger partial charge in [0.05, 0.1) is 17.1 Å². The van der Waals surface area contributed by atoms with E-state index >= 15 is 0 Å². The van der Waals surface area contributed by atoms with Crippen LogP contribution < -0.4 is 4.74 Å². The highest BCUT2D eigenvalue weighted by Crippen LogP contribution is 2.38. The van der Waals surface area contributed by atoms with E-state index in [1.54, 1.807) is 7.11 Å². The highest BCUT2D eigenvalue weighted by Gasteiger charge is 2.22. The molecule has 3 rings (SSSR count). The van der Waals surface area contributed by atoms with Crippen LogP contribution in [0.25, 0.3) is 11.4 Å². The summed E-state index contributed by atoms with van der Waals surface area (Å²) in [5, 5.41) is 0. The van der Waals surface area contributed by atoms with E-state index in [0.717, 1.165) is 21.6 Å². The van der Waals surface area contributed by atoms with Gasteiger partial charge >= 0.3 is 0 Å². The number of halogens is 1. The van der Waals surface area contributed by atoms with E-state index in [2.05, 4.69) is 25.9 Å². The summed E-state index contributed by atoms with van der Waals surface area (Å²) in [5.41, 5.74) is 2.12. The van der Waals surface area contributed by atoms with Gasteiger partial charge < -0.3 is 9.72 Å². The number of nitrogens with zero attached hydrogens (tertiary/aromatic N) is 1. The SMILES string of the molecule is COc1ccccc1-c1nc(=S)c(Br)c(C2CCCC2)[nH]1. The number of benzene rings is 1. The van der Waals surface area contributed by atoms with Crippen molar-refractivity contribution in [3.05, 3.63) is 39.1 Å². The molecule has 5 heteroatoms. The van der Waals surface area contributed by atoms with Crippen molar-refractivity contribution in [2.75, 3.05) is 7.11 Å². The van der Waals surface area contributed by atoms with Gasteiger partial charge in [-0.25, -0.2) is 4.98 Å². The predicted molar refractivity (Wildman–Crippen MR) is 90.3 cm³/mol. The van der Waals surface area contributed by atoms with Crippen LogP contribution in [0.4, 0.5) is 0 Å². The van der Waals surface area contributed by atoms with Crippen LogP contribution in [0, 0.1) is 4.64 Å². The van der Waals surface area contributed by atoms with E-state index < -0.39 is 0 Å². The fraction of sp³-hybridized carbons (Fsp3) is 0.375. The number of hydrogen-bond acceptors (Lipinski definition) is 3. The maximum atomic E-state index is 5.43. The third-order valence-corrected chi connectivity index (χ3v) is 5.38. The summed E-state index contributed by atoms with van der Waals surface area (Å²) >= 11 is 9.03. The smallest absolute Gasteiger partial charge is 0.144 e. The minimum absolute atomic E-state index is 0.539. The van der Waals surface area contributed by atoms with Crippen molar-refractivity contribution in [3.8, 4) is 17.1 Å². The first-order valence-corrected chi connectivity index (χ1v) is 8.34. The third-order valence-electron chi connectivity index (χ3n) is 4.02. The fourth-order valence-electron chi connectivity index (χ4n) is 2.94. The second-order valence-electron chi connectivity index (χ2n) is 5.30. The Labute approximate surface area is 137 Å². The molecule has 1 N–H and O–H groups in total.